The smallest absolute Gasteiger partial charge is 0.118 e. The average molecular weight is 218 g/mol. The van der Waals surface area contributed by atoms with E-state index in [0.717, 1.165) is 11.3 Å². The largest absolute Gasteiger partial charge is 0.497 e. The van der Waals surface area contributed by atoms with Gasteiger partial charge in [0.2, 0.25) is 0 Å². The van der Waals surface area contributed by atoms with Crippen molar-refractivity contribution in [3.8, 4) is 17.6 Å². The molecule has 86 valence electrons. The zero-order valence-corrected chi connectivity index (χ0v) is 10.1. The van der Waals surface area contributed by atoms with Crippen LogP contribution in [0.2, 0.25) is 0 Å². The van der Waals surface area contributed by atoms with Crippen LogP contribution in [0.1, 0.15) is 19.4 Å². The van der Waals surface area contributed by atoms with Crippen molar-refractivity contribution in [3.05, 3.63) is 29.8 Å². The Morgan fingerprint density at radius 1 is 1.25 bits per heavy atom. The molecule has 0 saturated heterocycles. The van der Waals surface area contributed by atoms with E-state index < -0.39 is 0 Å². The Balaban J connectivity index is 2.33. The normalized spacial score (nSPS) is 11.4. The number of hydrogen-bond donors (Lipinski definition) is 0. The summed E-state index contributed by atoms with van der Waals surface area (Å²) < 4.78 is 10.6. The SMILES string of the molecule is CC#C[C@@H](C)COCc1ccc(OC)cc1. The van der Waals surface area contributed by atoms with E-state index in [1.54, 1.807) is 7.11 Å². The topological polar surface area (TPSA) is 18.5 Å². The molecule has 0 aromatic heterocycles. The van der Waals surface area contributed by atoms with Crippen molar-refractivity contribution >= 4 is 0 Å². The van der Waals surface area contributed by atoms with Crippen LogP contribution in [-0.2, 0) is 11.3 Å². The van der Waals surface area contributed by atoms with E-state index in [1.165, 1.54) is 0 Å². The van der Waals surface area contributed by atoms with E-state index in [-0.39, 0.29) is 0 Å². The number of benzene rings is 1. The Morgan fingerprint density at radius 3 is 2.50 bits per heavy atom. The summed E-state index contributed by atoms with van der Waals surface area (Å²) in [6.45, 7) is 5.21. The lowest BCUT2D eigenvalue weighted by atomic mass is 10.2. The highest BCUT2D eigenvalue weighted by Gasteiger charge is 1.98. The van der Waals surface area contributed by atoms with Crippen LogP contribution in [0.25, 0.3) is 0 Å². The van der Waals surface area contributed by atoms with Gasteiger partial charge in [-0.1, -0.05) is 18.1 Å². The second-order valence-corrected chi connectivity index (χ2v) is 3.66. The van der Waals surface area contributed by atoms with Crippen molar-refractivity contribution < 1.29 is 9.47 Å². The predicted octanol–water partition coefficient (Wildman–Crippen LogP) is 2.87. The molecule has 0 amide bonds. The molecule has 0 aliphatic carbocycles. The monoisotopic (exact) mass is 218 g/mol. The number of ether oxygens (including phenoxy) is 2. The lowest BCUT2D eigenvalue weighted by molar-refractivity contribution is 0.106. The van der Waals surface area contributed by atoms with E-state index in [1.807, 2.05) is 31.2 Å². The Bertz CT molecular complexity index is 357. The molecule has 0 N–H and O–H groups in total. The van der Waals surface area contributed by atoms with Crippen LogP contribution in [0.3, 0.4) is 0 Å². The summed E-state index contributed by atoms with van der Waals surface area (Å²) in [6.07, 6.45) is 0. The molecule has 0 heterocycles. The molecule has 0 saturated carbocycles. The van der Waals surface area contributed by atoms with Crippen molar-refractivity contribution in [2.75, 3.05) is 13.7 Å². The van der Waals surface area contributed by atoms with Gasteiger partial charge in [-0.05, 0) is 31.5 Å². The standard InChI is InChI=1S/C14H18O2/c1-4-5-12(2)10-16-11-13-6-8-14(15-3)9-7-13/h6-9,12H,10-11H2,1-3H3/t12-/m1/s1. The minimum absolute atomic E-state index is 0.295. The molecule has 2 nitrogen and oxygen atoms in total. The Labute approximate surface area is 97.6 Å². The van der Waals surface area contributed by atoms with Gasteiger partial charge in [-0.25, -0.2) is 0 Å². The van der Waals surface area contributed by atoms with E-state index in [4.69, 9.17) is 9.47 Å². The van der Waals surface area contributed by atoms with Crippen LogP contribution >= 0.6 is 0 Å². The van der Waals surface area contributed by atoms with Gasteiger partial charge in [0.25, 0.3) is 0 Å². The maximum absolute atomic E-state index is 5.56. The fourth-order valence-corrected chi connectivity index (χ4v) is 1.36. The summed E-state index contributed by atoms with van der Waals surface area (Å²) in [5.74, 6) is 7.10. The molecule has 0 radical (unpaired) electrons. The predicted molar refractivity (Wildman–Crippen MR) is 65.3 cm³/mol. The highest BCUT2D eigenvalue weighted by atomic mass is 16.5. The van der Waals surface area contributed by atoms with Gasteiger partial charge < -0.3 is 9.47 Å². The fourth-order valence-electron chi connectivity index (χ4n) is 1.36. The second-order valence-electron chi connectivity index (χ2n) is 3.66. The van der Waals surface area contributed by atoms with Crippen molar-refractivity contribution in [1.29, 1.82) is 0 Å². The third kappa shape index (κ3) is 4.37. The second kappa shape index (κ2) is 6.92. The van der Waals surface area contributed by atoms with Gasteiger partial charge in [0.15, 0.2) is 0 Å². The van der Waals surface area contributed by atoms with Crippen LogP contribution in [0.15, 0.2) is 24.3 Å². The van der Waals surface area contributed by atoms with Crippen molar-refractivity contribution in [2.24, 2.45) is 5.92 Å². The molecular weight excluding hydrogens is 200 g/mol. The van der Waals surface area contributed by atoms with Crippen molar-refractivity contribution in [1.82, 2.24) is 0 Å². The molecule has 16 heavy (non-hydrogen) atoms. The lowest BCUT2D eigenvalue weighted by Crippen LogP contribution is -2.03. The van der Waals surface area contributed by atoms with E-state index >= 15 is 0 Å². The van der Waals surface area contributed by atoms with Gasteiger partial charge in [0.05, 0.1) is 20.3 Å². The molecule has 1 aromatic rings. The Morgan fingerprint density at radius 2 is 1.94 bits per heavy atom. The number of methoxy groups -OCH3 is 1. The molecular formula is C14H18O2. The Kier molecular flexibility index (Phi) is 5.45. The third-order valence-electron chi connectivity index (χ3n) is 2.19. The molecule has 0 bridgehead atoms. The first-order chi connectivity index (χ1) is 7.76. The van der Waals surface area contributed by atoms with Crippen LogP contribution in [-0.4, -0.2) is 13.7 Å². The molecule has 0 spiro atoms. The van der Waals surface area contributed by atoms with E-state index in [2.05, 4.69) is 18.8 Å². The van der Waals surface area contributed by atoms with Gasteiger partial charge in [-0.3, -0.25) is 0 Å². The van der Waals surface area contributed by atoms with Crippen molar-refractivity contribution in [3.63, 3.8) is 0 Å². The maximum atomic E-state index is 5.56. The van der Waals surface area contributed by atoms with Crippen LogP contribution < -0.4 is 4.74 Å². The number of rotatable bonds is 5. The highest BCUT2D eigenvalue weighted by Crippen LogP contribution is 2.12. The average Bonchev–Trinajstić information content (AvgIpc) is 2.30. The summed E-state index contributed by atoms with van der Waals surface area (Å²) in [4.78, 5) is 0. The van der Waals surface area contributed by atoms with Gasteiger partial charge in [0, 0.05) is 5.92 Å². The molecule has 1 aromatic carbocycles. The summed E-state index contributed by atoms with van der Waals surface area (Å²) in [6, 6.07) is 7.89. The summed E-state index contributed by atoms with van der Waals surface area (Å²) >= 11 is 0. The molecule has 1 atom stereocenters. The zero-order chi connectivity index (χ0) is 11.8. The van der Waals surface area contributed by atoms with Crippen molar-refractivity contribution in [2.45, 2.75) is 20.5 Å². The van der Waals surface area contributed by atoms with E-state index in [9.17, 15) is 0 Å². The molecule has 1 rings (SSSR count). The zero-order valence-electron chi connectivity index (χ0n) is 10.1. The minimum atomic E-state index is 0.295. The molecule has 0 aliphatic rings. The van der Waals surface area contributed by atoms with Gasteiger partial charge in [-0.15, -0.1) is 5.92 Å². The lowest BCUT2D eigenvalue weighted by Gasteiger charge is -2.07. The molecule has 2 heteroatoms. The Hall–Kier alpha value is -1.46. The summed E-state index contributed by atoms with van der Waals surface area (Å²) in [7, 11) is 1.66. The molecule has 0 aliphatic heterocycles. The van der Waals surface area contributed by atoms with Crippen LogP contribution in [0.5, 0.6) is 5.75 Å². The minimum Gasteiger partial charge on any atom is -0.497 e. The first kappa shape index (κ1) is 12.6. The van der Waals surface area contributed by atoms with Gasteiger partial charge in [0.1, 0.15) is 5.75 Å². The maximum Gasteiger partial charge on any atom is 0.118 e. The third-order valence-corrected chi connectivity index (χ3v) is 2.19. The fraction of sp³-hybridized carbons (Fsp3) is 0.429. The number of hydrogen-bond acceptors (Lipinski definition) is 2. The molecule has 0 unspecified atom stereocenters. The molecule has 0 fully saturated rings. The van der Waals surface area contributed by atoms with Gasteiger partial charge >= 0.3 is 0 Å². The summed E-state index contributed by atoms with van der Waals surface area (Å²) in [5.41, 5.74) is 1.15. The van der Waals surface area contributed by atoms with Gasteiger partial charge in [-0.2, -0.15) is 0 Å². The van der Waals surface area contributed by atoms with Crippen LogP contribution in [0, 0.1) is 17.8 Å². The quantitative estimate of drug-likeness (QED) is 0.707. The first-order valence-corrected chi connectivity index (χ1v) is 5.39. The van der Waals surface area contributed by atoms with E-state index in [0.29, 0.717) is 19.1 Å². The van der Waals surface area contributed by atoms with Crippen LogP contribution in [0.4, 0.5) is 0 Å². The first-order valence-electron chi connectivity index (χ1n) is 5.39. The highest BCUT2D eigenvalue weighted by molar-refractivity contribution is 5.26. The summed E-state index contributed by atoms with van der Waals surface area (Å²) in [5, 5.41) is 0.